The van der Waals surface area contributed by atoms with Crippen molar-refractivity contribution < 1.29 is 14.3 Å². The second kappa shape index (κ2) is 4.56. The molecule has 3 nitrogen and oxygen atoms in total. The fourth-order valence-electron chi connectivity index (χ4n) is 0.967. The second-order valence-corrected chi connectivity index (χ2v) is 2.90. The van der Waals surface area contributed by atoms with E-state index in [0.29, 0.717) is 5.56 Å². The zero-order valence-corrected chi connectivity index (χ0v) is 8.11. The van der Waals surface area contributed by atoms with Gasteiger partial charge in [0.05, 0.1) is 7.11 Å². The van der Waals surface area contributed by atoms with Crippen LogP contribution >= 0.6 is 0 Å². The summed E-state index contributed by atoms with van der Waals surface area (Å²) in [7, 11) is 1.24. The summed E-state index contributed by atoms with van der Waals surface area (Å²) in [6.45, 7) is 1.93. The normalized spacial score (nSPS) is 9.57. The van der Waals surface area contributed by atoms with E-state index in [2.05, 4.69) is 4.74 Å². The number of rotatable bonds is 3. The Hall–Kier alpha value is -1.64. The van der Waals surface area contributed by atoms with Crippen molar-refractivity contribution in [2.45, 2.75) is 6.92 Å². The number of hydrogen-bond donors (Lipinski definition) is 0. The van der Waals surface area contributed by atoms with Crippen molar-refractivity contribution in [3.8, 4) is 0 Å². The third kappa shape index (κ3) is 2.69. The van der Waals surface area contributed by atoms with Gasteiger partial charge in [0.25, 0.3) is 0 Å². The van der Waals surface area contributed by atoms with Crippen LogP contribution in [0.1, 0.15) is 15.9 Å². The average Bonchev–Trinajstić information content (AvgIpc) is 2.18. The van der Waals surface area contributed by atoms with Gasteiger partial charge in [0.1, 0.15) is 6.42 Å². The number of Topliss-reactive ketones (excluding diaryl/α,β-unsaturated/α-hetero) is 1. The fraction of sp³-hybridized carbons (Fsp3) is 0.182. The highest BCUT2D eigenvalue weighted by molar-refractivity contribution is 6.15. The van der Waals surface area contributed by atoms with Gasteiger partial charge < -0.3 is 4.74 Å². The summed E-state index contributed by atoms with van der Waals surface area (Å²) in [4.78, 5) is 22.1. The number of aryl methyl sites for hydroxylation is 1. The third-order valence-electron chi connectivity index (χ3n) is 1.79. The molecule has 0 spiro atoms. The number of carbonyl (C=O) groups excluding carboxylic acids is 2. The molecule has 0 amide bonds. The summed E-state index contributed by atoms with van der Waals surface area (Å²) in [6.07, 6.45) is 0.935. The van der Waals surface area contributed by atoms with Crippen LogP contribution in [0.15, 0.2) is 24.3 Å². The summed E-state index contributed by atoms with van der Waals surface area (Å²) >= 11 is 0. The van der Waals surface area contributed by atoms with Crippen molar-refractivity contribution in [2.24, 2.45) is 0 Å². The largest absolute Gasteiger partial charge is 0.468 e. The molecule has 0 aliphatic heterocycles. The Morgan fingerprint density at radius 3 is 2.29 bits per heavy atom. The second-order valence-electron chi connectivity index (χ2n) is 2.90. The maximum atomic E-state index is 11.4. The maximum absolute atomic E-state index is 11.4. The van der Waals surface area contributed by atoms with Crippen LogP contribution in [0.25, 0.3) is 0 Å². The van der Waals surface area contributed by atoms with E-state index in [0.717, 1.165) is 12.0 Å². The molecule has 3 heteroatoms. The van der Waals surface area contributed by atoms with E-state index in [4.69, 9.17) is 0 Å². The summed E-state index contributed by atoms with van der Waals surface area (Å²) in [5.41, 5.74) is 1.56. The van der Waals surface area contributed by atoms with Crippen molar-refractivity contribution in [1.82, 2.24) is 0 Å². The highest BCUT2D eigenvalue weighted by Crippen LogP contribution is 2.05. The number of ether oxygens (including phenoxy) is 1. The number of carbonyl (C=O) groups is 2. The van der Waals surface area contributed by atoms with E-state index in [-0.39, 0.29) is 5.78 Å². The zero-order chi connectivity index (χ0) is 10.6. The van der Waals surface area contributed by atoms with Crippen molar-refractivity contribution in [3.05, 3.63) is 41.8 Å². The van der Waals surface area contributed by atoms with Crippen LogP contribution in [0.5, 0.6) is 0 Å². The molecule has 1 radical (unpaired) electrons. The number of methoxy groups -OCH3 is 1. The van der Waals surface area contributed by atoms with E-state index in [9.17, 15) is 9.59 Å². The molecule has 0 atom stereocenters. The Bertz CT molecular complexity index is 338. The standard InChI is InChI=1S/C11H11O3/c1-8-3-5-9(6-4-8)10(12)7-11(13)14-2/h3-7H,1-2H3. The Morgan fingerprint density at radius 2 is 1.79 bits per heavy atom. The molecule has 0 aromatic heterocycles. The molecule has 73 valence electrons. The highest BCUT2D eigenvalue weighted by Gasteiger charge is 2.11. The van der Waals surface area contributed by atoms with E-state index in [1.165, 1.54) is 7.11 Å². The van der Waals surface area contributed by atoms with Gasteiger partial charge >= 0.3 is 5.97 Å². The molecule has 1 rings (SSSR count). The lowest BCUT2D eigenvalue weighted by atomic mass is 10.1. The first-order chi connectivity index (χ1) is 6.63. The predicted octanol–water partition coefficient (Wildman–Crippen LogP) is 1.56. The molecule has 0 fully saturated rings. The van der Waals surface area contributed by atoms with Gasteiger partial charge in [0.2, 0.25) is 0 Å². The highest BCUT2D eigenvalue weighted by atomic mass is 16.5. The molecule has 14 heavy (non-hydrogen) atoms. The Labute approximate surface area is 82.7 Å². The molecular formula is C11H11O3. The lowest BCUT2D eigenvalue weighted by Gasteiger charge is -1.99. The fourth-order valence-corrected chi connectivity index (χ4v) is 0.967. The average molecular weight is 191 g/mol. The minimum atomic E-state index is -0.629. The van der Waals surface area contributed by atoms with Gasteiger partial charge in [-0.1, -0.05) is 29.8 Å². The van der Waals surface area contributed by atoms with Crippen molar-refractivity contribution in [1.29, 1.82) is 0 Å². The van der Waals surface area contributed by atoms with Gasteiger partial charge in [-0.25, -0.2) is 0 Å². The molecule has 0 unspecified atom stereocenters. The van der Waals surface area contributed by atoms with Crippen molar-refractivity contribution >= 4 is 11.8 Å². The molecule has 0 aliphatic rings. The van der Waals surface area contributed by atoms with Crippen LogP contribution in [-0.4, -0.2) is 18.9 Å². The number of esters is 1. The molecule has 0 saturated carbocycles. The lowest BCUT2D eigenvalue weighted by molar-refractivity contribution is -0.136. The van der Waals surface area contributed by atoms with Gasteiger partial charge in [-0.05, 0) is 6.92 Å². The molecular weight excluding hydrogens is 180 g/mol. The van der Waals surface area contributed by atoms with Crippen LogP contribution < -0.4 is 0 Å². The monoisotopic (exact) mass is 191 g/mol. The summed E-state index contributed by atoms with van der Waals surface area (Å²) in [5, 5.41) is 0. The molecule has 0 N–H and O–H groups in total. The molecule has 0 heterocycles. The van der Waals surface area contributed by atoms with Crippen molar-refractivity contribution in [2.75, 3.05) is 7.11 Å². The third-order valence-corrected chi connectivity index (χ3v) is 1.79. The quantitative estimate of drug-likeness (QED) is 0.413. The lowest BCUT2D eigenvalue weighted by Crippen LogP contribution is -2.10. The predicted molar refractivity (Wildman–Crippen MR) is 51.8 cm³/mol. The topological polar surface area (TPSA) is 43.4 Å². The van der Waals surface area contributed by atoms with Crippen molar-refractivity contribution in [3.63, 3.8) is 0 Å². The van der Waals surface area contributed by atoms with E-state index in [1.54, 1.807) is 12.1 Å². The summed E-state index contributed by atoms with van der Waals surface area (Å²) in [5.74, 6) is -0.965. The Kier molecular flexibility index (Phi) is 3.40. The molecule has 1 aromatic rings. The zero-order valence-electron chi connectivity index (χ0n) is 8.11. The Morgan fingerprint density at radius 1 is 1.21 bits per heavy atom. The number of benzene rings is 1. The van der Waals surface area contributed by atoms with E-state index < -0.39 is 5.97 Å². The van der Waals surface area contributed by atoms with Gasteiger partial charge in [-0.15, -0.1) is 0 Å². The summed E-state index contributed by atoms with van der Waals surface area (Å²) < 4.78 is 4.35. The van der Waals surface area contributed by atoms with E-state index in [1.807, 2.05) is 19.1 Å². The van der Waals surface area contributed by atoms with Crippen LogP contribution in [0.3, 0.4) is 0 Å². The first-order valence-electron chi connectivity index (χ1n) is 4.17. The Balaban J connectivity index is 2.70. The smallest absolute Gasteiger partial charge is 0.317 e. The van der Waals surface area contributed by atoms with E-state index >= 15 is 0 Å². The van der Waals surface area contributed by atoms with Gasteiger partial charge in [0, 0.05) is 5.56 Å². The van der Waals surface area contributed by atoms with Gasteiger partial charge in [-0.2, -0.15) is 0 Å². The molecule has 1 aromatic carbocycles. The van der Waals surface area contributed by atoms with Crippen LogP contribution in [0.4, 0.5) is 0 Å². The maximum Gasteiger partial charge on any atom is 0.317 e. The molecule has 0 saturated heterocycles. The minimum Gasteiger partial charge on any atom is -0.468 e. The van der Waals surface area contributed by atoms with Crippen LogP contribution in [0.2, 0.25) is 0 Å². The molecule has 0 aliphatic carbocycles. The first kappa shape index (κ1) is 10.4. The first-order valence-corrected chi connectivity index (χ1v) is 4.17. The number of ketones is 1. The number of hydrogen-bond acceptors (Lipinski definition) is 3. The SMILES string of the molecule is COC(=O)[CH]C(=O)c1ccc(C)cc1. The van der Waals surface area contributed by atoms with Crippen LogP contribution in [0, 0.1) is 13.3 Å². The minimum absolute atomic E-state index is 0.336. The van der Waals surface area contributed by atoms with Gasteiger partial charge in [0.15, 0.2) is 5.78 Å². The molecule has 0 bridgehead atoms. The summed E-state index contributed by atoms with van der Waals surface area (Å²) in [6, 6.07) is 6.99. The van der Waals surface area contributed by atoms with Gasteiger partial charge in [-0.3, -0.25) is 9.59 Å². The van der Waals surface area contributed by atoms with Crippen LogP contribution in [-0.2, 0) is 9.53 Å².